The van der Waals surface area contributed by atoms with Crippen LogP contribution in [0, 0.1) is 12.3 Å². The topological polar surface area (TPSA) is 116 Å². The fraction of sp³-hybridized carbons (Fsp3) is 0.545. The van der Waals surface area contributed by atoms with Crippen molar-refractivity contribution in [3.05, 3.63) is 0 Å². The number of carbonyl (C=O) groups is 3. The van der Waals surface area contributed by atoms with Crippen LogP contribution >= 0.6 is 0 Å². The smallest absolute Gasteiger partial charge is 0.326 e. The first kappa shape index (κ1) is 15.8. The molecular weight excluding hydrogens is 240 g/mol. The first-order valence-electron chi connectivity index (χ1n) is 5.38. The van der Waals surface area contributed by atoms with Crippen molar-refractivity contribution in [1.29, 1.82) is 0 Å². The Kier molecular flexibility index (Phi) is 6.96. The molecule has 7 heteroatoms. The maximum absolute atomic E-state index is 11.4. The van der Waals surface area contributed by atoms with E-state index in [1.807, 2.05) is 12.2 Å². The molecule has 1 unspecified atom stereocenters. The van der Waals surface area contributed by atoms with E-state index in [4.69, 9.17) is 16.6 Å². The molecule has 0 aliphatic rings. The van der Waals surface area contributed by atoms with Crippen molar-refractivity contribution >= 4 is 18.0 Å². The first-order valence-corrected chi connectivity index (χ1v) is 5.38. The molecule has 0 heterocycles. The molecule has 0 radical (unpaired) electrons. The van der Waals surface area contributed by atoms with Gasteiger partial charge in [0.25, 0.3) is 0 Å². The quantitative estimate of drug-likeness (QED) is 0.479. The number of carboxylic acid groups (broad SMARTS) is 2. The molecule has 0 aromatic heterocycles. The summed E-state index contributed by atoms with van der Waals surface area (Å²) in [6, 6.07) is -2.78. The van der Waals surface area contributed by atoms with Gasteiger partial charge in [0.15, 0.2) is 0 Å². The molecule has 7 nitrogen and oxygen atoms in total. The van der Waals surface area contributed by atoms with Crippen LogP contribution < -0.4 is 10.6 Å². The Balaban J connectivity index is 4.38. The summed E-state index contributed by atoms with van der Waals surface area (Å²) in [5, 5.41) is 21.6. The van der Waals surface area contributed by atoms with Crippen LogP contribution in [0.1, 0.15) is 26.2 Å². The summed E-state index contributed by atoms with van der Waals surface area (Å²) < 4.78 is 0. The second kappa shape index (κ2) is 7.95. The summed E-state index contributed by atoms with van der Waals surface area (Å²) in [5.41, 5.74) is 0. The maximum atomic E-state index is 11.4. The number of rotatable bonds is 7. The van der Waals surface area contributed by atoms with E-state index in [2.05, 4.69) is 11.2 Å². The Morgan fingerprint density at radius 3 is 2.28 bits per heavy atom. The van der Waals surface area contributed by atoms with Crippen LogP contribution in [0.25, 0.3) is 0 Å². The van der Waals surface area contributed by atoms with Crippen molar-refractivity contribution < 1.29 is 24.6 Å². The molecule has 0 aromatic carbocycles. The number of terminal acetylenes is 1. The Morgan fingerprint density at radius 2 is 1.89 bits per heavy atom. The second-order valence-corrected chi connectivity index (χ2v) is 3.61. The fourth-order valence-corrected chi connectivity index (χ4v) is 1.22. The summed E-state index contributed by atoms with van der Waals surface area (Å²) in [6.45, 7) is 1.88. The van der Waals surface area contributed by atoms with Gasteiger partial charge in [-0.1, -0.05) is 19.3 Å². The van der Waals surface area contributed by atoms with Crippen molar-refractivity contribution in [2.24, 2.45) is 0 Å². The van der Waals surface area contributed by atoms with E-state index >= 15 is 0 Å². The average molecular weight is 256 g/mol. The van der Waals surface area contributed by atoms with Crippen LogP contribution in [-0.4, -0.2) is 40.3 Å². The number of carboxylic acids is 2. The van der Waals surface area contributed by atoms with E-state index in [0.717, 1.165) is 6.42 Å². The molecule has 2 amide bonds. The molecule has 2 atom stereocenters. The van der Waals surface area contributed by atoms with E-state index < -0.39 is 36.5 Å². The number of aliphatic carboxylic acids is 2. The molecule has 0 aliphatic carbocycles. The molecule has 0 spiro atoms. The molecule has 100 valence electrons. The lowest BCUT2D eigenvalue weighted by Gasteiger charge is -2.16. The van der Waals surface area contributed by atoms with Gasteiger partial charge in [0, 0.05) is 0 Å². The minimum absolute atomic E-state index is 0.505. The third kappa shape index (κ3) is 6.37. The molecule has 18 heavy (non-hydrogen) atoms. The molecule has 0 rings (SSSR count). The van der Waals surface area contributed by atoms with E-state index in [-0.39, 0.29) is 0 Å². The van der Waals surface area contributed by atoms with Gasteiger partial charge >= 0.3 is 18.0 Å². The zero-order chi connectivity index (χ0) is 14.1. The number of amides is 2. The Bertz CT molecular complexity index is 361. The van der Waals surface area contributed by atoms with Gasteiger partial charge in [0.2, 0.25) is 0 Å². The zero-order valence-electron chi connectivity index (χ0n) is 9.97. The normalized spacial score (nSPS) is 12.9. The van der Waals surface area contributed by atoms with E-state index in [9.17, 15) is 14.4 Å². The maximum Gasteiger partial charge on any atom is 0.326 e. The minimum Gasteiger partial charge on any atom is -0.481 e. The zero-order valence-corrected chi connectivity index (χ0v) is 9.97. The summed E-state index contributed by atoms with van der Waals surface area (Å²) in [6.07, 6.45) is 5.79. The number of hydrogen-bond acceptors (Lipinski definition) is 3. The molecule has 0 bridgehead atoms. The third-order valence-corrected chi connectivity index (χ3v) is 2.07. The number of hydrogen-bond donors (Lipinski definition) is 4. The predicted molar refractivity (Wildman–Crippen MR) is 62.9 cm³/mol. The van der Waals surface area contributed by atoms with Crippen LogP contribution in [0.3, 0.4) is 0 Å². The van der Waals surface area contributed by atoms with Gasteiger partial charge in [-0.05, 0) is 6.42 Å². The molecule has 0 saturated heterocycles. The lowest BCUT2D eigenvalue weighted by Crippen LogP contribution is -2.49. The summed E-state index contributed by atoms with van der Waals surface area (Å²) in [4.78, 5) is 32.5. The van der Waals surface area contributed by atoms with E-state index in [0.29, 0.717) is 6.42 Å². The minimum atomic E-state index is -1.48. The highest BCUT2D eigenvalue weighted by molar-refractivity contribution is 5.86. The molecule has 0 aromatic rings. The molecule has 0 fully saturated rings. The Morgan fingerprint density at radius 1 is 1.28 bits per heavy atom. The number of carbonyl (C=O) groups excluding carboxylic acids is 1. The summed E-state index contributed by atoms with van der Waals surface area (Å²) in [5.74, 6) is -0.390. The summed E-state index contributed by atoms with van der Waals surface area (Å²) >= 11 is 0. The highest BCUT2D eigenvalue weighted by Crippen LogP contribution is 1.96. The first-order chi connectivity index (χ1) is 8.40. The Labute approximate surface area is 105 Å². The number of nitrogens with one attached hydrogen (secondary N) is 2. The van der Waals surface area contributed by atoms with Gasteiger partial charge in [0.1, 0.15) is 6.04 Å². The highest BCUT2D eigenvalue weighted by atomic mass is 16.4. The van der Waals surface area contributed by atoms with Crippen molar-refractivity contribution in [1.82, 2.24) is 10.6 Å². The van der Waals surface area contributed by atoms with Crippen LogP contribution in [-0.2, 0) is 9.59 Å². The lowest BCUT2D eigenvalue weighted by molar-refractivity contribution is -0.145. The van der Waals surface area contributed by atoms with E-state index in [1.165, 1.54) is 0 Å². The van der Waals surface area contributed by atoms with Gasteiger partial charge in [-0.25, -0.2) is 9.59 Å². The number of urea groups is 1. The molecular formula is C11H16N2O5. The fourth-order valence-electron chi connectivity index (χ4n) is 1.22. The molecule has 0 saturated carbocycles. The van der Waals surface area contributed by atoms with Gasteiger partial charge in [-0.3, -0.25) is 4.79 Å². The second-order valence-electron chi connectivity index (χ2n) is 3.61. The van der Waals surface area contributed by atoms with E-state index in [1.54, 1.807) is 0 Å². The van der Waals surface area contributed by atoms with Crippen LogP contribution in [0.4, 0.5) is 4.79 Å². The SMILES string of the molecule is C#CC(CCC)NC(=O)N[C@H](CC(=O)O)C(=O)O. The van der Waals surface area contributed by atoms with Gasteiger partial charge in [-0.15, -0.1) is 6.42 Å². The van der Waals surface area contributed by atoms with Crippen molar-refractivity contribution in [2.75, 3.05) is 0 Å². The third-order valence-electron chi connectivity index (χ3n) is 2.07. The molecule has 4 N–H and O–H groups in total. The van der Waals surface area contributed by atoms with Crippen molar-refractivity contribution in [3.63, 3.8) is 0 Å². The summed E-state index contributed by atoms with van der Waals surface area (Å²) in [7, 11) is 0. The average Bonchev–Trinajstić information content (AvgIpc) is 2.26. The van der Waals surface area contributed by atoms with Gasteiger partial charge < -0.3 is 20.8 Å². The molecule has 0 aliphatic heterocycles. The van der Waals surface area contributed by atoms with Crippen molar-refractivity contribution in [2.45, 2.75) is 38.3 Å². The van der Waals surface area contributed by atoms with Crippen LogP contribution in [0.5, 0.6) is 0 Å². The Hall–Kier alpha value is -2.23. The van der Waals surface area contributed by atoms with Crippen molar-refractivity contribution in [3.8, 4) is 12.3 Å². The predicted octanol–water partition coefficient (Wildman–Crippen LogP) is 0.0154. The standard InChI is InChI=1S/C11H16N2O5/c1-3-5-7(4-2)12-11(18)13-8(10(16)17)6-9(14)15/h2,7-8H,3,5-6H2,1H3,(H,14,15)(H,16,17)(H2,12,13,18)/t7?,8-/m1/s1. The van der Waals surface area contributed by atoms with Crippen LogP contribution in [0.15, 0.2) is 0 Å². The van der Waals surface area contributed by atoms with Gasteiger partial charge in [0.05, 0.1) is 12.5 Å². The van der Waals surface area contributed by atoms with Crippen LogP contribution in [0.2, 0.25) is 0 Å². The largest absolute Gasteiger partial charge is 0.481 e. The lowest BCUT2D eigenvalue weighted by atomic mass is 10.2. The monoisotopic (exact) mass is 256 g/mol. The van der Waals surface area contributed by atoms with Gasteiger partial charge in [-0.2, -0.15) is 0 Å². The highest BCUT2D eigenvalue weighted by Gasteiger charge is 2.23.